The number of rotatable bonds is 4. The van der Waals surface area contributed by atoms with Gasteiger partial charge < -0.3 is 9.52 Å². The Balaban J connectivity index is 1.59. The van der Waals surface area contributed by atoms with Crippen LogP contribution in [0.1, 0.15) is 16.1 Å². The number of aromatic carboxylic acids is 1. The number of carboxylic acid groups (broad SMARTS) is 1. The quantitative estimate of drug-likeness (QED) is 0.349. The van der Waals surface area contributed by atoms with E-state index in [4.69, 9.17) is 44.9 Å². The summed E-state index contributed by atoms with van der Waals surface area (Å²) in [6.45, 7) is 0. The minimum absolute atomic E-state index is 0.0121. The van der Waals surface area contributed by atoms with E-state index in [1.165, 1.54) is 28.8 Å². The number of carbonyl (C=O) groups is 2. The summed E-state index contributed by atoms with van der Waals surface area (Å²) >= 11 is 18.5. The van der Waals surface area contributed by atoms with Crippen molar-refractivity contribution in [2.45, 2.75) is 0 Å². The highest BCUT2D eigenvalue weighted by Crippen LogP contribution is 2.37. The average molecular weight is 476 g/mol. The second-order valence-electron chi connectivity index (χ2n) is 6.20. The SMILES string of the molecule is O=C(O)c1ccc(-c2ccc(/C=C3/SC(=S)N(c4ccc(Cl)cc4)C3=O)o2)cc1Cl. The second-order valence-corrected chi connectivity index (χ2v) is 8.71. The normalized spacial score (nSPS) is 15.3. The van der Waals surface area contributed by atoms with Crippen LogP contribution in [0.3, 0.4) is 0 Å². The molecule has 9 heteroatoms. The van der Waals surface area contributed by atoms with Gasteiger partial charge in [-0.3, -0.25) is 9.69 Å². The first-order valence-electron chi connectivity index (χ1n) is 8.50. The van der Waals surface area contributed by atoms with E-state index in [0.717, 1.165) is 0 Å². The third-order valence-electron chi connectivity index (χ3n) is 4.26. The highest BCUT2D eigenvalue weighted by Gasteiger charge is 2.33. The van der Waals surface area contributed by atoms with Crippen LogP contribution in [-0.4, -0.2) is 21.3 Å². The van der Waals surface area contributed by atoms with Gasteiger partial charge in [0.05, 0.1) is 21.2 Å². The van der Waals surface area contributed by atoms with E-state index < -0.39 is 5.97 Å². The average Bonchev–Trinajstić information content (AvgIpc) is 3.27. The Labute approximate surface area is 190 Å². The van der Waals surface area contributed by atoms with Gasteiger partial charge in [-0.2, -0.15) is 0 Å². The van der Waals surface area contributed by atoms with Crippen LogP contribution in [0.15, 0.2) is 63.9 Å². The molecule has 1 amide bonds. The fourth-order valence-electron chi connectivity index (χ4n) is 2.84. The van der Waals surface area contributed by atoms with Gasteiger partial charge in [-0.1, -0.05) is 53.2 Å². The highest BCUT2D eigenvalue weighted by molar-refractivity contribution is 8.27. The summed E-state index contributed by atoms with van der Waals surface area (Å²) < 4.78 is 6.21. The van der Waals surface area contributed by atoms with Gasteiger partial charge in [-0.05, 0) is 48.5 Å². The zero-order valence-electron chi connectivity index (χ0n) is 15.0. The molecule has 1 saturated heterocycles. The van der Waals surface area contributed by atoms with Gasteiger partial charge in [0.2, 0.25) is 0 Å². The zero-order valence-corrected chi connectivity index (χ0v) is 18.1. The summed E-state index contributed by atoms with van der Waals surface area (Å²) in [4.78, 5) is 25.8. The van der Waals surface area contributed by atoms with E-state index in [9.17, 15) is 9.59 Å². The maximum atomic E-state index is 12.8. The molecule has 4 rings (SSSR count). The third kappa shape index (κ3) is 4.02. The van der Waals surface area contributed by atoms with Crippen molar-refractivity contribution >= 4 is 75.1 Å². The van der Waals surface area contributed by atoms with Gasteiger partial charge in [-0.15, -0.1) is 0 Å². The van der Waals surface area contributed by atoms with Crippen molar-refractivity contribution in [1.29, 1.82) is 0 Å². The molecule has 150 valence electrons. The van der Waals surface area contributed by atoms with Crippen molar-refractivity contribution in [1.82, 2.24) is 0 Å². The Kier molecular flexibility index (Phi) is 5.71. The van der Waals surface area contributed by atoms with Crippen molar-refractivity contribution in [3.63, 3.8) is 0 Å². The van der Waals surface area contributed by atoms with Crippen LogP contribution >= 0.6 is 47.2 Å². The molecule has 2 aromatic carbocycles. The molecule has 2 heterocycles. The van der Waals surface area contributed by atoms with Gasteiger partial charge in [-0.25, -0.2) is 4.79 Å². The predicted octanol–water partition coefficient (Wildman–Crippen LogP) is 6.36. The first-order valence-corrected chi connectivity index (χ1v) is 10.5. The molecule has 0 saturated carbocycles. The summed E-state index contributed by atoms with van der Waals surface area (Å²) in [5.74, 6) is -0.401. The van der Waals surface area contributed by atoms with Crippen molar-refractivity contribution in [2.24, 2.45) is 0 Å². The molecule has 1 fully saturated rings. The number of carboxylic acids is 1. The highest BCUT2D eigenvalue weighted by atomic mass is 35.5. The summed E-state index contributed by atoms with van der Waals surface area (Å²) in [5, 5.41) is 9.76. The lowest BCUT2D eigenvalue weighted by Gasteiger charge is -2.14. The standard InChI is InChI=1S/C21H11Cl2NO4S2/c22-12-2-4-13(5-3-12)24-19(25)18(30-21(24)29)10-14-6-8-17(28-14)11-1-7-15(20(26)27)16(23)9-11/h1-10H,(H,26,27)/b18-10+. The molecule has 3 aromatic rings. The summed E-state index contributed by atoms with van der Waals surface area (Å²) in [7, 11) is 0. The molecule has 0 spiro atoms. The number of benzene rings is 2. The van der Waals surface area contributed by atoms with Crippen LogP contribution in [0.2, 0.25) is 10.0 Å². The Morgan fingerprint density at radius 1 is 1.10 bits per heavy atom. The number of nitrogens with zero attached hydrogens (tertiary/aromatic N) is 1. The van der Waals surface area contributed by atoms with Gasteiger partial charge in [0, 0.05) is 16.7 Å². The molecule has 0 atom stereocenters. The van der Waals surface area contributed by atoms with E-state index in [0.29, 0.717) is 37.0 Å². The van der Waals surface area contributed by atoms with E-state index in [2.05, 4.69) is 0 Å². The lowest BCUT2D eigenvalue weighted by molar-refractivity contribution is -0.113. The number of amides is 1. The molecular weight excluding hydrogens is 465 g/mol. The Morgan fingerprint density at radius 2 is 1.83 bits per heavy atom. The predicted molar refractivity (Wildman–Crippen MR) is 123 cm³/mol. The number of anilines is 1. The minimum Gasteiger partial charge on any atom is -0.478 e. The number of thiocarbonyl (C=S) groups is 1. The number of halogens is 2. The molecular formula is C21H11Cl2NO4S2. The lowest BCUT2D eigenvalue weighted by atomic mass is 10.1. The van der Waals surface area contributed by atoms with E-state index >= 15 is 0 Å². The topological polar surface area (TPSA) is 70.8 Å². The van der Waals surface area contributed by atoms with Gasteiger partial charge in [0.1, 0.15) is 11.5 Å². The second kappa shape index (κ2) is 8.28. The fraction of sp³-hybridized carbons (Fsp3) is 0. The molecule has 0 radical (unpaired) electrons. The molecule has 30 heavy (non-hydrogen) atoms. The lowest BCUT2D eigenvalue weighted by Crippen LogP contribution is -2.27. The third-order valence-corrected chi connectivity index (χ3v) is 6.13. The number of carbonyl (C=O) groups excluding carboxylic acids is 1. The van der Waals surface area contributed by atoms with Crippen LogP contribution in [0, 0.1) is 0 Å². The van der Waals surface area contributed by atoms with Crippen LogP contribution in [-0.2, 0) is 4.79 Å². The van der Waals surface area contributed by atoms with Gasteiger partial charge in [0.15, 0.2) is 4.32 Å². The maximum Gasteiger partial charge on any atom is 0.337 e. The fourth-order valence-corrected chi connectivity index (χ4v) is 4.50. The number of thioether (sulfide) groups is 1. The van der Waals surface area contributed by atoms with E-state index in [1.807, 2.05) is 0 Å². The summed E-state index contributed by atoms with van der Waals surface area (Å²) in [6.07, 6.45) is 1.62. The molecule has 1 N–H and O–H groups in total. The zero-order chi connectivity index (χ0) is 21.4. The number of hydrogen-bond donors (Lipinski definition) is 1. The van der Waals surface area contributed by atoms with Gasteiger partial charge in [0.25, 0.3) is 5.91 Å². The van der Waals surface area contributed by atoms with E-state index in [-0.39, 0.29) is 16.5 Å². The van der Waals surface area contributed by atoms with Crippen LogP contribution in [0.4, 0.5) is 5.69 Å². The first kappa shape index (κ1) is 20.7. The number of furan rings is 1. The molecule has 1 aliphatic rings. The van der Waals surface area contributed by atoms with Crippen molar-refractivity contribution in [2.75, 3.05) is 4.90 Å². The smallest absolute Gasteiger partial charge is 0.337 e. The molecule has 5 nitrogen and oxygen atoms in total. The minimum atomic E-state index is -1.10. The van der Waals surface area contributed by atoms with Crippen LogP contribution in [0.25, 0.3) is 17.4 Å². The van der Waals surface area contributed by atoms with Crippen molar-refractivity contribution in [3.8, 4) is 11.3 Å². The first-order chi connectivity index (χ1) is 14.3. The Hall–Kier alpha value is -2.58. The molecule has 1 aromatic heterocycles. The van der Waals surface area contributed by atoms with Crippen LogP contribution in [0.5, 0.6) is 0 Å². The van der Waals surface area contributed by atoms with Crippen molar-refractivity contribution < 1.29 is 19.1 Å². The Bertz CT molecular complexity index is 1220. The van der Waals surface area contributed by atoms with Crippen molar-refractivity contribution in [3.05, 3.63) is 80.9 Å². The van der Waals surface area contributed by atoms with E-state index in [1.54, 1.807) is 48.5 Å². The summed E-state index contributed by atoms with van der Waals surface area (Å²) in [5.41, 5.74) is 1.27. The monoisotopic (exact) mass is 475 g/mol. The van der Waals surface area contributed by atoms with Gasteiger partial charge >= 0.3 is 5.97 Å². The molecule has 0 bridgehead atoms. The largest absolute Gasteiger partial charge is 0.478 e. The number of hydrogen-bond acceptors (Lipinski definition) is 5. The maximum absolute atomic E-state index is 12.8. The summed E-state index contributed by atoms with van der Waals surface area (Å²) in [6, 6.07) is 14.8. The Morgan fingerprint density at radius 3 is 2.50 bits per heavy atom. The van der Waals surface area contributed by atoms with Crippen LogP contribution < -0.4 is 4.90 Å². The molecule has 0 aliphatic carbocycles. The molecule has 0 unspecified atom stereocenters. The molecule has 1 aliphatic heterocycles.